The highest BCUT2D eigenvalue weighted by Gasteiger charge is 2.18. The van der Waals surface area contributed by atoms with Gasteiger partial charge in [-0.1, -0.05) is 12.1 Å². The predicted octanol–water partition coefficient (Wildman–Crippen LogP) is 1.79. The van der Waals surface area contributed by atoms with Gasteiger partial charge >= 0.3 is 0 Å². The molecule has 0 radical (unpaired) electrons. The van der Waals surface area contributed by atoms with Crippen LogP contribution >= 0.6 is 0 Å². The summed E-state index contributed by atoms with van der Waals surface area (Å²) in [6.07, 6.45) is 1.45. The summed E-state index contributed by atoms with van der Waals surface area (Å²) in [5.74, 6) is 0.151. The van der Waals surface area contributed by atoms with Crippen LogP contribution in [-0.2, 0) is 9.53 Å². The van der Waals surface area contributed by atoms with Crippen molar-refractivity contribution in [3.05, 3.63) is 53.6 Å². The Morgan fingerprint density at radius 3 is 2.68 bits per heavy atom. The van der Waals surface area contributed by atoms with E-state index in [0.29, 0.717) is 50.0 Å². The molecule has 0 unspecified atom stereocenters. The first-order valence-electron chi connectivity index (χ1n) is 9.95. The molecule has 164 valence electrons. The van der Waals surface area contributed by atoms with Crippen LogP contribution in [0, 0.1) is 0 Å². The number of para-hydroxylation sites is 1. The molecule has 31 heavy (non-hydrogen) atoms. The molecule has 1 aliphatic rings. The molecule has 2 aromatic carbocycles. The predicted molar refractivity (Wildman–Crippen MR) is 114 cm³/mol. The van der Waals surface area contributed by atoms with E-state index in [-0.39, 0.29) is 23.8 Å². The van der Waals surface area contributed by atoms with Gasteiger partial charge in [-0.3, -0.25) is 9.59 Å². The van der Waals surface area contributed by atoms with Crippen LogP contribution in [0.1, 0.15) is 22.8 Å². The molecule has 9 nitrogen and oxygen atoms in total. The molecule has 0 bridgehead atoms. The highest BCUT2D eigenvalue weighted by atomic mass is 16.5. The fourth-order valence-corrected chi connectivity index (χ4v) is 2.93. The van der Waals surface area contributed by atoms with Crippen molar-refractivity contribution in [3.63, 3.8) is 0 Å². The fourth-order valence-electron chi connectivity index (χ4n) is 2.93. The SMILES string of the molecule is CCOc1cc(/C=N/NC(=O)c2ccccc2O)ccc1OCC(=O)N1CCOCC1. The van der Waals surface area contributed by atoms with Crippen LogP contribution in [0.25, 0.3) is 0 Å². The van der Waals surface area contributed by atoms with Gasteiger partial charge in [0.15, 0.2) is 18.1 Å². The lowest BCUT2D eigenvalue weighted by atomic mass is 10.2. The Hall–Kier alpha value is -3.59. The van der Waals surface area contributed by atoms with E-state index in [9.17, 15) is 14.7 Å². The average Bonchev–Trinajstić information content (AvgIpc) is 2.79. The van der Waals surface area contributed by atoms with Crippen molar-refractivity contribution in [1.29, 1.82) is 0 Å². The quantitative estimate of drug-likeness (QED) is 0.491. The molecule has 1 aliphatic heterocycles. The zero-order chi connectivity index (χ0) is 22.1. The number of phenols is 1. The van der Waals surface area contributed by atoms with E-state index in [2.05, 4.69) is 10.5 Å². The fraction of sp³-hybridized carbons (Fsp3) is 0.318. The Labute approximate surface area is 180 Å². The smallest absolute Gasteiger partial charge is 0.275 e. The summed E-state index contributed by atoms with van der Waals surface area (Å²) in [5, 5.41) is 13.6. The van der Waals surface area contributed by atoms with Gasteiger partial charge < -0.3 is 24.2 Å². The van der Waals surface area contributed by atoms with E-state index in [1.54, 1.807) is 35.2 Å². The zero-order valence-electron chi connectivity index (χ0n) is 17.2. The van der Waals surface area contributed by atoms with Crippen LogP contribution in [0.3, 0.4) is 0 Å². The van der Waals surface area contributed by atoms with Crippen LogP contribution in [0.5, 0.6) is 17.2 Å². The Kier molecular flexibility index (Phi) is 7.83. The molecular weight excluding hydrogens is 402 g/mol. The van der Waals surface area contributed by atoms with Crippen LogP contribution in [-0.4, -0.2) is 67.6 Å². The minimum atomic E-state index is -0.527. The number of ether oxygens (including phenoxy) is 3. The second-order valence-electron chi connectivity index (χ2n) is 6.64. The van der Waals surface area contributed by atoms with E-state index in [1.807, 2.05) is 6.92 Å². The van der Waals surface area contributed by atoms with Crippen LogP contribution in [0.4, 0.5) is 0 Å². The topological polar surface area (TPSA) is 110 Å². The molecule has 0 aromatic heterocycles. The molecule has 2 aromatic rings. The number of aromatic hydroxyl groups is 1. The lowest BCUT2D eigenvalue weighted by molar-refractivity contribution is -0.137. The number of amides is 2. The second kappa shape index (κ2) is 11.0. The van der Waals surface area contributed by atoms with E-state index >= 15 is 0 Å². The number of nitrogens with zero attached hydrogens (tertiary/aromatic N) is 2. The van der Waals surface area contributed by atoms with Crippen LogP contribution in [0.2, 0.25) is 0 Å². The highest BCUT2D eigenvalue weighted by Crippen LogP contribution is 2.28. The number of hydrazone groups is 1. The Morgan fingerprint density at radius 2 is 1.94 bits per heavy atom. The summed E-state index contributed by atoms with van der Waals surface area (Å²) in [4.78, 5) is 26.1. The molecule has 0 aliphatic carbocycles. The molecule has 1 heterocycles. The zero-order valence-corrected chi connectivity index (χ0v) is 17.2. The van der Waals surface area contributed by atoms with Crippen molar-refractivity contribution in [2.75, 3.05) is 39.5 Å². The summed E-state index contributed by atoms with van der Waals surface area (Å²) in [7, 11) is 0. The Balaban J connectivity index is 1.61. The van der Waals surface area contributed by atoms with E-state index in [0.717, 1.165) is 0 Å². The Bertz CT molecular complexity index is 941. The maximum Gasteiger partial charge on any atom is 0.275 e. The van der Waals surface area contributed by atoms with Gasteiger partial charge in [0.05, 0.1) is 31.6 Å². The molecule has 0 spiro atoms. The van der Waals surface area contributed by atoms with Crippen LogP contribution in [0.15, 0.2) is 47.6 Å². The first-order valence-corrected chi connectivity index (χ1v) is 9.95. The molecule has 3 rings (SSSR count). The third-order valence-electron chi connectivity index (χ3n) is 4.51. The van der Waals surface area contributed by atoms with Gasteiger partial charge in [-0.15, -0.1) is 0 Å². The standard InChI is InChI=1S/C22H25N3O6/c1-2-30-20-13-16(14-23-24-22(28)17-5-3-4-6-18(17)26)7-8-19(20)31-15-21(27)25-9-11-29-12-10-25/h3-8,13-14,26H,2,9-12,15H2,1H3,(H,24,28)/b23-14+. The van der Waals surface area contributed by atoms with Gasteiger partial charge in [0.2, 0.25) is 0 Å². The van der Waals surface area contributed by atoms with Crippen molar-refractivity contribution < 1.29 is 28.9 Å². The summed E-state index contributed by atoms with van der Waals surface area (Å²) < 4.78 is 16.5. The summed E-state index contributed by atoms with van der Waals surface area (Å²) in [6, 6.07) is 11.3. The number of carbonyl (C=O) groups excluding carboxylic acids is 2. The summed E-state index contributed by atoms with van der Waals surface area (Å²) >= 11 is 0. The van der Waals surface area contributed by atoms with E-state index in [1.165, 1.54) is 18.3 Å². The van der Waals surface area contributed by atoms with Gasteiger partial charge in [0, 0.05) is 13.1 Å². The third-order valence-corrected chi connectivity index (χ3v) is 4.51. The maximum absolute atomic E-state index is 12.3. The minimum absolute atomic E-state index is 0.0931. The van der Waals surface area contributed by atoms with Crippen molar-refractivity contribution >= 4 is 18.0 Å². The third kappa shape index (κ3) is 6.19. The number of morpholine rings is 1. The number of rotatable bonds is 8. The molecule has 2 N–H and O–H groups in total. The van der Waals surface area contributed by atoms with Crippen molar-refractivity contribution in [2.45, 2.75) is 6.92 Å². The average molecular weight is 427 g/mol. The minimum Gasteiger partial charge on any atom is -0.507 e. The highest BCUT2D eigenvalue weighted by molar-refractivity contribution is 5.97. The molecule has 9 heteroatoms. The van der Waals surface area contributed by atoms with E-state index < -0.39 is 5.91 Å². The summed E-state index contributed by atoms with van der Waals surface area (Å²) in [5.41, 5.74) is 3.16. The largest absolute Gasteiger partial charge is 0.507 e. The van der Waals surface area contributed by atoms with E-state index in [4.69, 9.17) is 14.2 Å². The molecule has 1 fully saturated rings. The van der Waals surface area contributed by atoms with Gasteiger partial charge in [0.1, 0.15) is 5.75 Å². The summed E-state index contributed by atoms with van der Waals surface area (Å²) in [6.45, 7) is 4.35. The molecule has 0 atom stereocenters. The van der Waals surface area contributed by atoms with Gasteiger partial charge in [-0.05, 0) is 42.8 Å². The second-order valence-corrected chi connectivity index (χ2v) is 6.64. The molecule has 1 saturated heterocycles. The Morgan fingerprint density at radius 1 is 1.16 bits per heavy atom. The lowest BCUT2D eigenvalue weighted by Crippen LogP contribution is -2.43. The van der Waals surface area contributed by atoms with Crippen molar-refractivity contribution in [2.24, 2.45) is 5.10 Å². The van der Waals surface area contributed by atoms with Gasteiger partial charge in [-0.2, -0.15) is 5.10 Å². The number of benzene rings is 2. The number of nitrogens with one attached hydrogen (secondary N) is 1. The number of carbonyl (C=O) groups is 2. The van der Waals surface area contributed by atoms with Gasteiger partial charge in [0.25, 0.3) is 11.8 Å². The maximum atomic E-state index is 12.3. The lowest BCUT2D eigenvalue weighted by Gasteiger charge is -2.26. The van der Waals surface area contributed by atoms with Crippen molar-refractivity contribution in [1.82, 2.24) is 10.3 Å². The first-order chi connectivity index (χ1) is 15.1. The number of phenolic OH excluding ortho intramolecular Hbond substituents is 1. The number of hydrogen-bond acceptors (Lipinski definition) is 7. The number of hydrogen-bond donors (Lipinski definition) is 2. The normalized spacial score (nSPS) is 13.8. The van der Waals surface area contributed by atoms with Gasteiger partial charge in [-0.25, -0.2) is 5.43 Å². The molecule has 0 saturated carbocycles. The monoisotopic (exact) mass is 427 g/mol. The molecular formula is C22H25N3O6. The first kappa shape index (κ1) is 22.1. The van der Waals surface area contributed by atoms with Crippen molar-refractivity contribution in [3.8, 4) is 17.2 Å². The molecule has 2 amide bonds. The van der Waals surface area contributed by atoms with Crippen LogP contribution < -0.4 is 14.9 Å².